The van der Waals surface area contributed by atoms with Crippen LogP contribution in [0.3, 0.4) is 0 Å². The molecule has 0 aromatic carbocycles. The Labute approximate surface area is 204 Å². The van der Waals surface area contributed by atoms with Crippen LogP contribution in [0, 0.1) is 0 Å². The monoisotopic (exact) mass is 499 g/mol. The number of phosphoric ester groups is 1. The van der Waals surface area contributed by atoms with E-state index in [9.17, 15) is 19.4 Å². The lowest BCUT2D eigenvalue weighted by atomic mass is 10.2. The van der Waals surface area contributed by atoms with E-state index in [-0.39, 0.29) is 19.6 Å². The van der Waals surface area contributed by atoms with Gasteiger partial charge in [-0.15, -0.1) is 0 Å². The molecule has 0 spiro atoms. The Morgan fingerprint density at radius 2 is 1.44 bits per heavy atom. The van der Waals surface area contributed by atoms with Crippen molar-refractivity contribution in [1.82, 2.24) is 0 Å². The number of carbonyl (C=O) groups is 1. The SMILES string of the molecule is CCC=CCC=CCC=CCC=CCC=CCCCC(=O)O[C@H](CO)COP(=O)(O)OCCN. The van der Waals surface area contributed by atoms with Crippen LogP contribution < -0.4 is 5.73 Å². The highest BCUT2D eigenvalue weighted by Crippen LogP contribution is 2.42. The fourth-order valence-corrected chi connectivity index (χ4v) is 3.25. The number of hydrogen-bond acceptors (Lipinski definition) is 7. The van der Waals surface area contributed by atoms with Crippen molar-refractivity contribution in [3.63, 3.8) is 0 Å². The maximum absolute atomic E-state index is 11.9. The molecule has 0 radical (unpaired) electrons. The predicted molar refractivity (Wildman–Crippen MR) is 136 cm³/mol. The first-order chi connectivity index (χ1) is 16.4. The lowest BCUT2D eigenvalue weighted by molar-refractivity contribution is -0.153. The summed E-state index contributed by atoms with van der Waals surface area (Å²) in [5.41, 5.74) is 5.18. The highest BCUT2D eigenvalue weighted by Gasteiger charge is 2.24. The van der Waals surface area contributed by atoms with Crippen LogP contribution in [0.4, 0.5) is 0 Å². The Morgan fingerprint density at radius 3 is 1.94 bits per heavy atom. The second kappa shape index (κ2) is 23.0. The fourth-order valence-electron chi connectivity index (χ4n) is 2.48. The van der Waals surface area contributed by atoms with Gasteiger partial charge in [-0.1, -0.05) is 67.7 Å². The number of allylic oxidation sites excluding steroid dienone is 10. The van der Waals surface area contributed by atoms with Gasteiger partial charge in [0.1, 0.15) is 6.10 Å². The molecule has 34 heavy (non-hydrogen) atoms. The molecular formula is C25H42NO7P. The highest BCUT2D eigenvalue weighted by molar-refractivity contribution is 7.47. The smallest absolute Gasteiger partial charge is 0.457 e. The number of unbranched alkanes of at least 4 members (excludes halogenated alkanes) is 1. The van der Waals surface area contributed by atoms with Crippen LogP contribution in [-0.2, 0) is 23.1 Å². The predicted octanol–water partition coefficient (Wildman–Crippen LogP) is 4.90. The van der Waals surface area contributed by atoms with Gasteiger partial charge in [0.15, 0.2) is 0 Å². The first kappa shape index (κ1) is 32.2. The van der Waals surface area contributed by atoms with Gasteiger partial charge in [-0.25, -0.2) is 4.57 Å². The van der Waals surface area contributed by atoms with Gasteiger partial charge in [0.05, 0.1) is 19.8 Å². The summed E-state index contributed by atoms with van der Waals surface area (Å²) in [4.78, 5) is 21.3. The van der Waals surface area contributed by atoms with Crippen molar-refractivity contribution >= 4 is 13.8 Å². The lowest BCUT2D eigenvalue weighted by Crippen LogP contribution is -2.27. The number of carbonyl (C=O) groups excluding carboxylic acids is 1. The molecule has 2 atom stereocenters. The zero-order chi connectivity index (χ0) is 25.3. The standard InChI is InChI=1S/C25H42NO7P/c1-2-3-4-5-6-7-8-9-10-11-12-13-14-15-16-17-18-19-25(28)33-24(22-27)23-32-34(29,30)31-21-20-26/h3-4,6-7,9-10,12-13,15-16,24,27H,2,5,8,11,14,17-23,26H2,1H3,(H,29,30)/t24-/m1/s1. The van der Waals surface area contributed by atoms with Gasteiger partial charge in [0, 0.05) is 13.0 Å². The van der Waals surface area contributed by atoms with Crippen molar-refractivity contribution in [2.75, 3.05) is 26.4 Å². The van der Waals surface area contributed by atoms with E-state index in [1.165, 1.54) is 0 Å². The molecule has 0 fully saturated rings. The van der Waals surface area contributed by atoms with E-state index < -0.39 is 33.1 Å². The zero-order valence-corrected chi connectivity index (χ0v) is 21.2. The van der Waals surface area contributed by atoms with Crippen LogP contribution in [-0.4, -0.2) is 48.4 Å². The van der Waals surface area contributed by atoms with Gasteiger partial charge in [0.25, 0.3) is 0 Å². The van der Waals surface area contributed by atoms with Crippen molar-refractivity contribution in [2.45, 2.75) is 64.4 Å². The van der Waals surface area contributed by atoms with Crippen molar-refractivity contribution in [1.29, 1.82) is 0 Å². The molecule has 0 aromatic heterocycles. The van der Waals surface area contributed by atoms with Crippen LogP contribution >= 0.6 is 7.82 Å². The van der Waals surface area contributed by atoms with E-state index in [0.717, 1.165) is 38.5 Å². The molecule has 0 bridgehead atoms. The van der Waals surface area contributed by atoms with Crippen molar-refractivity contribution in [3.05, 3.63) is 60.8 Å². The largest absolute Gasteiger partial charge is 0.472 e. The third-order valence-electron chi connectivity index (χ3n) is 4.21. The van der Waals surface area contributed by atoms with Gasteiger partial charge >= 0.3 is 13.8 Å². The summed E-state index contributed by atoms with van der Waals surface area (Å²) in [6.45, 7) is 1.06. The number of ether oxygens (including phenoxy) is 1. The second-order valence-electron chi connectivity index (χ2n) is 7.28. The summed E-state index contributed by atoms with van der Waals surface area (Å²) in [5, 5.41) is 9.25. The molecule has 0 aliphatic carbocycles. The Bertz CT molecular complexity index is 701. The molecule has 0 amide bonds. The molecule has 1 unspecified atom stereocenters. The van der Waals surface area contributed by atoms with E-state index in [0.29, 0.717) is 6.42 Å². The Kier molecular flexibility index (Phi) is 21.8. The van der Waals surface area contributed by atoms with E-state index in [4.69, 9.17) is 15.0 Å². The Hall–Kier alpha value is -1.80. The molecule has 194 valence electrons. The van der Waals surface area contributed by atoms with Gasteiger partial charge in [-0.05, 0) is 44.9 Å². The number of rotatable bonds is 21. The molecule has 0 aliphatic rings. The van der Waals surface area contributed by atoms with Crippen molar-refractivity contribution < 1.29 is 33.1 Å². The maximum atomic E-state index is 11.9. The highest BCUT2D eigenvalue weighted by atomic mass is 31.2. The van der Waals surface area contributed by atoms with Gasteiger partial charge in [0.2, 0.25) is 0 Å². The van der Waals surface area contributed by atoms with E-state index >= 15 is 0 Å². The minimum atomic E-state index is -4.28. The molecule has 0 rings (SSSR count). The van der Waals surface area contributed by atoms with Gasteiger partial charge in [-0.2, -0.15) is 0 Å². The average molecular weight is 500 g/mol. The number of esters is 1. The molecule has 8 nitrogen and oxygen atoms in total. The van der Waals surface area contributed by atoms with Crippen LogP contribution in [0.25, 0.3) is 0 Å². The minimum absolute atomic E-state index is 0.0597. The Balaban J connectivity index is 3.85. The number of hydrogen-bond donors (Lipinski definition) is 3. The van der Waals surface area contributed by atoms with E-state index in [1.54, 1.807) is 0 Å². The summed E-state index contributed by atoms with van der Waals surface area (Å²) in [6, 6.07) is 0. The van der Waals surface area contributed by atoms with Crippen molar-refractivity contribution in [3.8, 4) is 0 Å². The number of nitrogens with two attached hydrogens (primary N) is 1. The molecule has 0 aromatic rings. The van der Waals surface area contributed by atoms with Gasteiger partial charge < -0.3 is 20.5 Å². The third-order valence-corrected chi connectivity index (χ3v) is 5.19. The first-order valence-electron chi connectivity index (χ1n) is 11.8. The number of aliphatic hydroxyl groups excluding tert-OH is 1. The average Bonchev–Trinajstić information content (AvgIpc) is 2.82. The third kappa shape index (κ3) is 22.0. The molecular weight excluding hydrogens is 457 g/mol. The van der Waals surface area contributed by atoms with Crippen LogP contribution in [0.2, 0.25) is 0 Å². The number of phosphoric acid groups is 1. The molecule has 4 N–H and O–H groups in total. The summed E-state index contributed by atoms with van der Waals surface area (Å²) in [7, 11) is -4.28. The summed E-state index contributed by atoms with van der Waals surface area (Å²) in [6.07, 6.45) is 26.5. The fraction of sp³-hybridized carbons (Fsp3) is 0.560. The summed E-state index contributed by atoms with van der Waals surface area (Å²) < 4.78 is 25.9. The van der Waals surface area contributed by atoms with E-state index in [2.05, 4.69) is 60.1 Å². The number of aliphatic hydroxyl groups is 1. The van der Waals surface area contributed by atoms with Crippen LogP contribution in [0.5, 0.6) is 0 Å². The zero-order valence-electron chi connectivity index (χ0n) is 20.3. The topological polar surface area (TPSA) is 128 Å². The van der Waals surface area contributed by atoms with Crippen LogP contribution in [0.15, 0.2) is 60.8 Å². The molecule has 9 heteroatoms. The minimum Gasteiger partial charge on any atom is -0.457 e. The molecule has 0 heterocycles. The van der Waals surface area contributed by atoms with Gasteiger partial charge in [-0.3, -0.25) is 13.8 Å². The molecule has 0 saturated heterocycles. The van der Waals surface area contributed by atoms with Crippen LogP contribution in [0.1, 0.15) is 58.3 Å². The summed E-state index contributed by atoms with van der Waals surface area (Å²) in [5.74, 6) is -0.509. The van der Waals surface area contributed by atoms with E-state index in [1.807, 2.05) is 12.2 Å². The Morgan fingerprint density at radius 1 is 0.912 bits per heavy atom. The normalized spacial score (nSPS) is 15.3. The second-order valence-corrected chi connectivity index (χ2v) is 8.73. The maximum Gasteiger partial charge on any atom is 0.472 e. The summed E-state index contributed by atoms with van der Waals surface area (Å²) >= 11 is 0. The lowest BCUT2D eigenvalue weighted by Gasteiger charge is -2.17. The van der Waals surface area contributed by atoms with Crippen molar-refractivity contribution in [2.24, 2.45) is 5.73 Å². The first-order valence-corrected chi connectivity index (χ1v) is 13.3. The quantitative estimate of drug-likeness (QED) is 0.0880. The molecule has 0 saturated carbocycles. The molecule has 0 aliphatic heterocycles.